The SMILES string of the molecule is NC(=O)N1CCC[C@H](C(=O)N2CC(OCc3ccccc3F)C2)C1. The van der Waals surface area contributed by atoms with E-state index in [0.29, 0.717) is 31.7 Å². The molecule has 1 atom stereocenters. The molecule has 24 heavy (non-hydrogen) atoms. The van der Waals surface area contributed by atoms with Crippen molar-refractivity contribution in [3.63, 3.8) is 0 Å². The number of nitrogens with two attached hydrogens (primary N) is 1. The van der Waals surface area contributed by atoms with E-state index in [4.69, 9.17) is 10.5 Å². The highest BCUT2D eigenvalue weighted by atomic mass is 19.1. The van der Waals surface area contributed by atoms with Crippen molar-refractivity contribution in [1.82, 2.24) is 9.80 Å². The lowest BCUT2D eigenvalue weighted by Gasteiger charge is -2.42. The number of benzene rings is 1. The van der Waals surface area contributed by atoms with Crippen LogP contribution in [0.25, 0.3) is 0 Å². The van der Waals surface area contributed by atoms with Gasteiger partial charge in [0, 0.05) is 31.7 Å². The predicted molar refractivity (Wildman–Crippen MR) is 85.4 cm³/mol. The quantitative estimate of drug-likeness (QED) is 0.902. The van der Waals surface area contributed by atoms with Gasteiger partial charge in [0.25, 0.3) is 0 Å². The number of amides is 3. The van der Waals surface area contributed by atoms with Crippen molar-refractivity contribution in [3.05, 3.63) is 35.6 Å². The third kappa shape index (κ3) is 3.67. The number of carbonyl (C=O) groups excluding carboxylic acids is 2. The number of carbonyl (C=O) groups is 2. The van der Waals surface area contributed by atoms with Gasteiger partial charge in [0.05, 0.1) is 18.6 Å². The second kappa shape index (κ2) is 7.17. The summed E-state index contributed by atoms with van der Waals surface area (Å²) in [7, 11) is 0. The molecule has 2 N–H and O–H groups in total. The number of likely N-dealkylation sites (tertiary alicyclic amines) is 2. The summed E-state index contributed by atoms with van der Waals surface area (Å²) in [5.41, 5.74) is 5.81. The molecule has 0 saturated carbocycles. The molecular formula is C17H22FN3O3. The monoisotopic (exact) mass is 335 g/mol. The lowest BCUT2D eigenvalue weighted by atomic mass is 9.95. The lowest BCUT2D eigenvalue weighted by molar-refractivity contribution is -0.151. The van der Waals surface area contributed by atoms with E-state index in [-0.39, 0.29) is 30.4 Å². The number of hydrogen-bond acceptors (Lipinski definition) is 3. The Morgan fingerprint density at radius 3 is 2.67 bits per heavy atom. The Morgan fingerprint density at radius 2 is 1.96 bits per heavy atom. The van der Waals surface area contributed by atoms with Crippen LogP contribution < -0.4 is 5.73 Å². The number of primary amides is 1. The highest BCUT2D eigenvalue weighted by molar-refractivity contribution is 5.81. The smallest absolute Gasteiger partial charge is 0.314 e. The minimum absolute atomic E-state index is 0.0479. The first-order valence-electron chi connectivity index (χ1n) is 8.22. The first kappa shape index (κ1) is 16.7. The van der Waals surface area contributed by atoms with Crippen LogP contribution in [0.15, 0.2) is 24.3 Å². The van der Waals surface area contributed by atoms with Gasteiger partial charge < -0.3 is 20.3 Å². The molecule has 0 radical (unpaired) electrons. The highest BCUT2D eigenvalue weighted by Crippen LogP contribution is 2.23. The molecular weight excluding hydrogens is 313 g/mol. The fourth-order valence-electron chi connectivity index (χ4n) is 3.18. The Labute approximate surface area is 140 Å². The molecule has 0 bridgehead atoms. The van der Waals surface area contributed by atoms with Gasteiger partial charge >= 0.3 is 6.03 Å². The Kier molecular flexibility index (Phi) is 4.99. The van der Waals surface area contributed by atoms with E-state index in [9.17, 15) is 14.0 Å². The van der Waals surface area contributed by atoms with Gasteiger partial charge in [-0.2, -0.15) is 0 Å². The van der Waals surface area contributed by atoms with E-state index in [0.717, 1.165) is 12.8 Å². The fraction of sp³-hybridized carbons (Fsp3) is 0.529. The van der Waals surface area contributed by atoms with Crippen molar-refractivity contribution in [2.75, 3.05) is 26.2 Å². The molecule has 2 saturated heterocycles. The third-order valence-corrected chi connectivity index (χ3v) is 4.67. The van der Waals surface area contributed by atoms with E-state index in [1.54, 1.807) is 23.1 Å². The summed E-state index contributed by atoms with van der Waals surface area (Å²) in [4.78, 5) is 27.0. The van der Waals surface area contributed by atoms with E-state index < -0.39 is 6.03 Å². The number of urea groups is 1. The van der Waals surface area contributed by atoms with Gasteiger partial charge in [-0.1, -0.05) is 18.2 Å². The summed E-state index contributed by atoms with van der Waals surface area (Å²) in [5.74, 6) is -0.413. The van der Waals surface area contributed by atoms with Gasteiger partial charge in [-0.3, -0.25) is 4.79 Å². The van der Waals surface area contributed by atoms with Crippen LogP contribution in [0.4, 0.5) is 9.18 Å². The highest BCUT2D eigenvalue weighted by Gasteiger charge is 2.37. The average molecular weight is 335 g/mol. The molecule has 0 unspecified atom stereocenters. The molecule has 2 heterocycles. The maximum absolute atomic E-state index is 13.5. The number of nitrogens with zero attached hydrogens (tertiary/aromatic N) is 2. The normalized spacial score (nSPS) is 21.5. The molecule has 1 aromatic carbocycles. The van der Waals surface area contributed by atoms with Gasteiger partial charge in [0.1, 0.15) is 5.82 Å². The molecule has 3 rings (SSSR count). The second-order valence-corrected chi connectivity index (χ2v) is 6.39. The van der Waals surface area contributed by atoms with Gasteiger partial charge in [0.2, 0.25) is 5.91 Å². The number of halogens is 1. The topological polar surface area (TPSA) is 75.9 Å². The summed E-state index contributed by atoms with van der Waals surface area (Å²) in [6, 6.07) is 6.04. The molecule has 2 aliphatic rings. The number of hydrogen-bond donors (Lipinski definition) is 1. The molecule has 130 valence electrons. The zero-order valence-electron chi connectivity index (χ0n) is 13.5. The van der Waals surface area contributed by atoms with Gasteiger partial charge in [-0.05, 0) is 18.9 Å². The third-order valence-electron chi connectivity index (χ3n) is 4.67. The molecule has 0 aromatic heterocycles. The van der Waals surface area contributed by atoms with Crippen molar-refractivity contribution in [2.24, 2.45) is 11.7 Å². The molecule has 2 fully saturated rings. The number of ether oxygens (including phenoxy) is 1. The van der Waals surface area contributed by atoms with Gasteiger partial charge in [-0.15, -0.1) is 0 Å². The zero-order chi connectivity index (χ0) is 17.1. The minimum atomic E-state index is -0.470. The molecule has 0 spiro atoms. The van der Waals surface area contributed by atoms with Crippen molar-refractivity contribution in [2.45, 2.75) is 25.6 Å². The molecule has 6 nitrogen and oxygen atoms in total. The summed E-state index contributed by atoms with van der Waals surface area (Å²) >= 11 is 0. The summed E-state index contributed by atoms with van der Waals surface area (Å²) in [5, 5.41) is 0. The van der Waals surface area contributed by atoms with Crippen LogP contribution in [0.5, 0.6) is 0 Å². The number of piperidine rings is 1. The van der Waals surface area contributed by atoms with Crippen LogP contribution in [0.2, 0.25) is 0 Å². The Bertz CT molecular complexity index is 619. The summed E-state index contributed by atoms with van der Waals surface area (Å²) in [6.45, 7) is 2.25. The van der Waals surface area contributed by atoms with Crippen LogP contribution in [-0.4, -0.2) is 54.0 Å². The van der Waals surface area contributed by atoms with E-state index in [2.05, 4.69) is 0 Å². The van der Waals surface area contributed by atoms with Crippen molar-refractivity contribution in [3.8, 4) is 0 Å². The Balaban J connectivity index is 1.43. The zero-order valence-corrected chi connectivity index (χ0v) is 13.5. The van der Waals surface area contributed by atoms with Crippen LogP contribution in [0.3, 0.4) is 0 Å². The largest absolute Gasteiger partial charge is 0.370 e. The fourth-order valence-corrected chi connectivity index (χ4v) is 3.18. The van der Waals surface area contributed by atoms with E-state index in [1.807, 2.05) is 0 Å². The number of rotatable bonds is 4. The van der Waals surface area contributed by atoms with E-state index in [1.165, 1.54) is 11.0 Å². The van der Waals surface area contributed by atoms with Crippen molar-refractivity contribution < 1.29 is 18.7 Å². The second-order valence-electron chi connectivity index (χ2n) is 6.39. The maximum Gasteiger partial charge on any atom is 0.314 e. The van der Waals surface area contributed by atoms with Crippen LogP contribution in [0, 0.1) is 11.7 Å². The van der Waals surface area contributed by atoms with Crippen molar-refractivity contribution >= 4 is 11.9 Å². The summed E-state index contributed by atoms with van der Waals surface area (Å²) < 4.78 is 19.2. The molecule has 0 aliphatic carbocycles. The van der Waals surface area contributed by atoms with Crippen molar-refractivity contribution in [1.29, 1.82) is 0 Å². The molecule has 1 aromatic rings. The Morgan fingerprint density at radius 1 is 1.21 bits per heavy atom. The lowest BCUT2D eigenvalue weighted by Crippen LogP contribution is -2.58. The van der Waals surface area contributed by atoms with Gasteiger partial charge in [0.15, 0.2) is 0 Å². The van der Waals surface area contributed by atoms with Crippen LogP contribution in [0.1, 0.15) is 18.4 Å². The first-order valence-corrected chi connectivity index (χ1v) is 8.22. The minimum Gasteiger partial charge on any atom is -0.370 e. The van der Waals surface area contributed by atoms with E-state index >= 15 is 0 Å². The maximum atomic E-state index is 13.5. The van der Waals surface area contributed by atoms with Crippen LogP contribution in [-0.2, 0) is 16.1 Å². The molecule has 3 amide bonds. The molecule has 2 aliphatic heterocycles. The summed E-state index contributed by atoms with van der Waals surface area (Å²) in [6.07, 6.45) is 1.50. The molecule has 7 heteroatoms. The Hall–Kier alpha value is -2.15. The van der Waals surface area contributed by atoms with Crippen LogP contribution >= 0.6 is 0 Å². The standard InChI is InChI=1S/C17H22FN3O3/c18-15-6-2-1-4-13(15)11-24-14-9-21(10-14)16(22)12-5-3-7-20(8-12)17(19)23/h1-2,4,6,12,14H,3,5,7-11H2,(H2,19,23)/t12-/m0/s1. The predicted octanol–water partition coefficient (Wildman–Crippen LogP) is 1.34. The van der Waals surface area contributed by atoms with Gasteiger partial charge in [-0.25, -0.2) is 9.18 Å². The average Bonchev–Trinajstić information content (AvgIpc) is 2.54. The first-order chi connectivity index (χ1) is 11.5.